The van der Waals surface area contributed by atoms with Crippen molar-refractivity contribution in [2.75, 3.05) is 0 Å². The van der Waals surface area contributed by atoms with Gasteiger partial charge in [0, 0.05) is 25.2 Å². The first-order chi connectivity index (χ1) is 11.4. The Labute approximate surface area is 145 Å². The predicted octanol–water partition coefficient (Wildman–Crippen LogP) is 4.31. The molecule has 0 aromatic rings. The number of carbonyl (C=O) groups excluding carboxylic acids is 2. The Morgan fingerprint density at radius 3 is 2.79 bits per heavy atom. The lowest BCUT2D eigenvalue weighted by Crippen LogP contribution is -2.50. The van der Waals surface area contributed by atoms with Crippen molar-refractivity contribution in [3.05, 3.63) is 11.6 Å². The molecular weight excluding hydrogens is 300 g/mol. The molecule has 3 heteroatoms. The van der Waals surface area contributed by atoms with E-state index >= 15 is 0 Å². The summed E-state index contributed by atoms with van der Waals surface area (Å²) in [7, 11) is 0. The maximum Gasteiger partial charge on any atom is 0.302 e. The largest absolute Gasteiger partial charge is 0.462 e. The summed E-state index contributed by atoms with van der Waals surface area (Å²) >= 11 is 0. The van der Waals surface area contributed by atoms with Gasteiger partial charge in [-0.2, -0.15) is 0 Å². The lowest BCUT2D eigenvalue weighted by molar-refractivity contribution is -0.156. The molecule has 4 aliphatic rings. The summed E-state index contributed by atoms with van der Waals surface area (Å²) in [6.45, 7) is 6.26. The highest BCUT2D eigenvalue weighted by Gasteiger charge is 2.58. The lowest BCUT2D eigenvalue weighted by Gasteiger charge is -2.54. The number of carbonyl (C=O) groups is 2. The fraction of sp³-hybridized carbons (Fsp3) is 0.810. The first-order valence-electron chi connectivity index (χ1n) is 9.79. The highest BCUT2D eigenvalue weighted by molar-refractivity contribution is 5.82. The fourth-order valence-electron chi connectivity index (χ4n) is 6.87. The van der Waals surface area contributed by atoms with Crippen molar-refractivity contribution >= 4 is 11.8 Å². The monoisotopic (exact) mass is 330 g/mol. The van der Waals surface area contributed by atoms with E-state index in [4.69, 9.17) is 4.74 Å². The van der Waals surface area contributed by atoms with Gasteiger partial charge in [-0.05, 0) is 61.7 Å². The van der Waals surface area contributed by atoms with Gasteiger partial charge in [-0.25, -0.2) is 0 Å². The van der Waals surface area contributed by atoms with Crippen LogP contribution in [0.5, 0.6) is 0 Å². The van der Waals surface area contributed by atoms with Crippen LogP contribution in [0.1, 0.15) is 65.7 Å². The minimum atomic E-state index is -0.131. The second-order valence-electron chi connectivity index (χ2n) is 9.03. The molecule has 0 heterocycles. The van der Waals surface area contributed by atoms with Crippen molar-refractivity contribution in [2.45, 2.75) is 71.8 Å². The Bertz CT molecular complexity index is 592. The summed E-state index contributed by atoms with van der Waals surface area (Å²) in [4.78, 5) is 23.4. The predicted molar refractivity (Wildman–Crippen MR) is 92.2 cm³/mol. The maximum absolute atomic E-state index is 11.9. The molecule has 0 aliphatic heterocycles. The normalized spacial score (nSPS) is 47.3. The Morgan fingerprint density at radius 1 is 1.25 bits per heavy atom. The van der Waals surface area contributed by atoms with Crippen LogP contribution in [0.15, 0.2) is 11.6 Å². The fourth-order valence-corrected chi connectivity index (χ4v) is 6.87. The molecule has 0 amide bonds. The van der Waals surface area contributed by atoms with Gasteiger partial charge in [0.15, 0.2) is 0 Å². The third kappa shape index (κ3) is 2.38. The number of fused-ring (bicyclic) bond motifs is 5. The maximum atomic E-state index is 11.9. The van der Waals surface area contributed by atoms with Gasteiger partial charge in [0.25, 0.3) is 0 Å². The van der Waals surface area contributed by atoms with Crippen molar-refractivity contribution in [2.24, 2.45) is 35.0 Å². The first-order valence-corrected chi connectivity index (χ1v) is 9.79. The molecule has 24 heavy (non-hydrogen) atoms. The summed E-state index contributed by atoms with van der Waals surface area (Å²) in [6, 6.07) is 0. The third-order valence-electron chi connectivity index (χ3n) is 7.82. The molecule has 0 saturated heterocycles. The van der Waals surface area contributed by atoms with Gasteiger partial charge in [-0.3, -0.25) is 9.59 Å². The Kier molecular flexibility index (Phi) is 3.89. The summed E-state index contributed by atoms with van der Waals surface area (Å²) in [5.41, 5.74) is 1.59. The van der Waals surface area contributed by atoms with Crippen LogP contribution in [0.3, 0.4) is 0 Å². The summed E-state index contributed by atoms with van der Waals surface area (Å²) in [5.74, 6) is 3.59. The minimum absolute atomic E-state index is 0.103. The standard InChI is InChI=1S/C21H30O3/c1-12-10-14-11-15(23)4-5-16(14)17-8-9-21(3)18(20(12)17)6-7-19(21)24-13(2)22/h10,12,16-20H,4-9,11H2,1-3H3/t12?,16?,17?,18?,19-,20?,21-/m0/s1. The van der Waals surface area contributed by atoms with Crippen molar-refractivity contribution in [1.82, 2.24) is 0 Å². The van der Waals surface area contributed by atoms with Gasteiger partial charge < -0.3 is 4.74 Å². The van der Waals surface area contributed by atoms with Gasteiger partial charge >= 0.3 is 5.97 Å². The van der Waals surface area contributed by atoms with E-state index in [1.807, 2.05) is 0 Å². The molecule has 3 fully saturated rings. The van der Waals surface area contributed by atoms with Crippen LogP contribution in [0.4, 0.5) is 0 Å². The number of ketones is 1. The second kappa shape index (κ2) is 5.71. The van der Waals surface area contributed by atoms with Crippen LogP contribution in [-0.4, -0.2) is 17.9 Å². The van der Waals surface area contributed by atoms with Gasteiger partial charge in [0.2, 0.25) is 0 Å². The zero-order valence-corrected chi connectivity index (χ0v) is 15.2. The zero-order chi connectivity index (χ0) is 17.1. The molecule has 0 aromatic carbocycles. The van der Waals surface area contributed by atoms with Crippen molar-refractivity contribution in [1.29, 1.82) is 0 Å². The zero-order valence-electron chi connectivity index (χ0n) is 15.2. The topological polar surface area (TPSA) is 43.4 Å². The highest BCUT2D eigenvalue weighted by Crippen LogP contribution is 2.62. The number of hydrogen-bond donors (Lipinski definition) is 0. The summed E-state index contributed by atoms with van der Waals surface area (Å²) in [6.07, 6.45) is 9.70. The van der Waals surface area contributed by atoms with Gasteiger partial charge in [-0.15, -0.1) is 0 Å². The van der Waals surface area contributed by atoms with Crippen molar-refractivity contribution in [3.8, 4) is 0 Å². The van der Waals surface area contributed by atoms with Crippen LogP contribution in [0, 0.1) is 35.0 Å². The minimum Gasteiger partial charge on any atom is -0.462 e. The first kappa shape index (κ1) is 16.4. The van der Waals surface area contributed by atoms with E-state index in [9.17, 15) is 9.59 Å². The molecule has 132 valence electrons. The molecule has 4 rings (SSSR count). The quantitative estimate of drug-likeness (QED) is 0.531. The van der Waals surface area contributed by atoms with Crippen molar-refractivity contribution in [3.63, 3.8) is 0 Å². The molecule has 0 aromatic heterocycles. The SMILES string of the molecule is CC(=O)O[C@H]1CCC2C3C(C)C=C4CC(=O)CCC4C3CC[C@@]21C. The second-order valence-corrected chi connectivity index (χ2v) is 9.03. The van der Waals surface area contributed by atoms with E-state index < -0.39 is 0 Å². The molecule has 3 saturated carbocycles. The smallest absolute Gasteiger partial charge is 0.302 e. The van der Waals surface area contributed by atoms with Crippen LogP contribution in [0.25, 0.3) is 0 Å². The van der Waals surface area contributed by atoms with E-state index in [0.29, 0.717) is 35.9 Å². The van der Waals surface area contributed by atoms with E-state index in [-0.39, 0.29) is 17.5 Å². The molecule has 3 nitrogen and oxygen atoms in total. The third-order valence-corrected chi connectivity index (χ3v) is 7.82. The molecule has 4 aliphatic carbocycles. The van der Waals surface area contributed by atoms with E-state index in [0.717, 1.165) is 25.2 Å². The van der Waals surface area contributed by atoms with Gasteiger partial charge in [-0.1, -0.05) is 25.5 Å². The number of ether oxygens (including phenoxy) is 1. The highest BCUT2D eigenvalue weighted by atomic mass is 16.5. The molecule has 7 atom stereocenters. The van der Waals surface area contributed by atoms with Crippen molar-refractivity contribution < 1.29 is 14.3 Å². The molecule has 0 bridgehead atoms. The molecular formula is C21H30O3. The summed E-state index contributed by atoms with van der Waals surface area (Å²) in [5, 5.41) is 0. The Hall–Kier alpha value is -1.12. The van der Waals surface area contributed by atoms with Gasteiger partial charge in [0.05, 0.1) is 0 Å². The molecule has 0 spiro atoms. The van der Waals surface area contributed by atoms with Gasteiger partial charge in [0.1, 0.15) is 11.9 Å². The molecule has 0 N–H and O–H groups in total. The number of rotatable bonds is 1. The number of esters is 1. The average molecular weight is 330 g/mol. The van der Waals surface area contributed by atoms with Crippen LogP contribution >= 0.6 is 0 Å². The number of allylic oxidation sites excluding steroid dienone is 2. The van der Waals surface area contributed by atoms with E-state index in [1.165, 1.54) is 24.8 Å². The van der Waals surface area contributed by atoms with Crippen LogP contribution < -0.4 is 0 Å². The number of Topliss-reactive ketones (excluding diaryl/α,β-unsaturated/α-hetero) is 1. The molecule has 5 unspecified atom stereocenters. The Morgan fingerprint density at radius 2 is 2.04 bits per heavy atom. The number of hydrogen-bond acceptors (Lipinski definition) is 3. The van der Waals surface area contributed by atoms with Crippen LogP contribution in [-0.2, 0) is 14.3 Å². The molecule has 0 radical (unpaired) electrons. The lowest BCUT2D eigenvalue weighted by atomic mass is 9.50. The Balaban J connectivity index is 1.63. The van der Waals surface area contributed by atoms with Crippen LogP contribution in [0.2, 0.25) is 0 Å². The average Bonchev–Trinajstić information content (AvgIpc) is 2.83. The van der Waals surface area contributed by atoms with E-state index in [2.05, 4.69) is 19.9 Å². The summed E-state index contributed by atoms with van der Waals surface area (Å²) < 4.78 is 5.72. The van der Waals surface area contributed by atoms with E-state index in [1.54, 1.807) is 6.92 Å².